The zero-order chi connectivity index (χ0) is 9.26. The summed E-state index contributed by atoms with van der Waals surface area (Å²) < 4.78 is 5.55. The van der Waals surface area contributed by atoms with E-state index < -0.39 is 0 Å². The Morgan fingerprint density at radius 1 is 1.54 bits per heavy atom. The Bertz CT molecular complexity index is 286. The van der Waals surface area contributed by atoms with E-state index in [4.69, 9.17) is 4.74 Å². The van der Waals surface area contributed by atoms with Crippen molar-refractivity contribution in [3.8, 4) is 0 Å². The molecule has 0 bridgehead atoms. The van der Waals surface area contributed by atoms with Gasteiger partial charge < -0.3 is 4.74 Å². The molecule has 0 N–H and O–H groups in total. The number of rotatable bonds is 2. The molecule has 0 unspecified atom stereocenters. The molecular weight excluding hydrogens is 162 g/mol. The molecule has 1 atom stereocenters. The van der Waals surface area contributed by atoms with Gasteiger partial charge >= 0.3 is 0 Å². The molecule has 1 aliphatic heterocycles. The highest BCUT2D eigenvalue weighted by atomic mass is 16.5. The molecule has 0 spiro atoms. The van der Waals surface area contributed by atoms with Gasteiger partial charge in [0, 0.05) is 5.57 Å². The van der Waals surface area contributed by atoms with Gasteiger partial charge in [0.05, 0.1) is 6.04 Å². The minimum atomic E-state index is 0.358. The predicted molar refractivity (Wildman–Crippen MR) is 53.9 cm³/mol. The summed E-state index contributed by atoms with van der Waals surface area (Å²) in [5, 5.41) is 0. The van der Waals surface area contributed by atoms with Crippen LogP contribution in [0.2, 0.25) is 0 Å². The van der Waals surface area contributed by atoms with Crippen molar-refractivity contribution in [3.05, 3.63) is 23.8 Å². The van der Waals surface area contributed by atoms with Crippen LogP contribution in [0.3, 0.4) is 0 Å². The van der Waals surface area contributed by atoms with Gasteiger partial charge in [0.15, 0.2) is 0 Å². The maximum Gasteiger partial charge on any atom is 0.212 e. The summed E-state index contributed by atoms with van der Waals surface area (Å²) in [6, 6.07) is 0.358. The monoisotopic (exact) mass is 177 g/mol. The SMILES string of the molecule is CC(C)[C@@H]1COC(C2=CC=CC2)=N1. The summed E-state index contributed by atoms with van der Waals surface area (Å²) in [7, 11) is 0. The van der Waals surface area contributed by atoms with Crippen molar-refractivity contribution in [2.24, 2.45) is 10.9 Å². The molecule has 2 rings (SSSR count). The number of allylic oxidation sites excluding steroid dienone is 3. The first-order valence-corrected chi connectivity index (χ1v) is 4.84. The van der Waals surface area contributed by atoms with E-state index in [1.807, 2.05) is 0 Å². The Morgan fingerprint density at radius 3 is 2.92 bits per heavy atom. The second-order valence-electron chi connectivity index (χ2n) is 3.88. The summed E-state index contributed by atoms with van der Waals surface area (Å²) in [4.78, 5) is 4.56. The van der Waals surface area contributed by atoms with Gasteiger partial charge in [0.25, 0.3) is 0 Å². The molecule has 0 fully saturated rings. The van der Waals surface area contributed by atoms with Crippen molar-refractivity contribution in [2.75, 3.05) is 6.61 Å². The highest BCUT2D eigenvalue weighted by Crippen LogP contribution is 2.21. The van der Waals surface area contributed by atoms with Crippen LogP contribution in [0.5, 0.6) is 0 Å². The number of nitrogens with zero attached hydrogens (tertiary/aromatic N) is 1. The molecule has 0 saturated carbocycles. The molecule has 0 aromatic rings. The second-order valence-corrected chi connectivity index (χ2v) is 3.88. The molecular formula is C11H15NO. The number of ether oxygens (including phenoxy) is 1. The summed E-state index contributed by atoms with van der Waals surface area (Å²) >= 11 is 0. The lowest BCUT2D eigenvalue weighted by Crippen LogP contribution is -2.13. The van der Waals surface area contributed by atoms with Gasteiger partial charge in [-0.3, -0.25) is 0 Å². The lowest BCUT2D eigenvalue weighted by Gasteiger charge is -2.06. The van der Waals surface area contributed by atoms with E-state index in [2.05, 4.69) is 37.1 Å². The summed E-state index contributed by atoms with van der Waals surface area (Å²) in [6.07, 6.45) is 7.25. The molecule has 1 heterocycles. The quantitative estimate of drug-likeness (QED) is 0.634. The second kappa shape index (κ2) is 3.36. The first kappa shape index (κ1) is 8.54. The van der Waals surface area contributed by atoms with Gasteiger partial charge in [-0.15, -0.1) is 0 Å². The lowest BCUT2D eigenvalue weighted by atomic mass is 10.1. The van der Waals surface area contributed by atoms with Gasteiger partial charge in [0.1, 0.15) is 6.61 Å². The Kier molecular flexibility index (Phi) is 2.21. The van der Waals surface area contributed by atoms with Gasteiger partial charge in [-0.05, 0) is 12.3 Å². The van der Waals surface area contributed by atoms with E-state index in [9.17, 15) is 0 Å². The normalized spacial score (nSPS) is 26.2. The van der Waals surface area contributed by atoms with Crippen LogP contribution in [0.25, 0.3) is 0 Å². The topological polar surface area (TPSA) is 21.6 Å². The molecule has 0 radical (unpaired) electrons. The van der Waals surface area contributed by atoms with E-state index in [1.54, 1.807) is 0 Å². The van der Waals surface area contributed by atoms with Crippen molar-refractivity contribution in [2.45, 2.75) is 26.3 Å². The van der Waals surface area contributed by atoms with E-state index in [0.717, 1.165) is 18.9 Å². The molecule has 2 aliphatic rings. The number of aliphatic imine (C=N–C) groups is 1. The molecule has 0 saturated heterocycles. The van der Waals surface area contributed by atoms with Crippen LogP contribution < -0.4 is 0 Å². The van der Waals surface area contributed by atoms with Crippen LogP contribution in [-0.4, -0.2) is 18.5 Å². The average Bonchev–Trinajstić information content (AvgIpc) is 2.75. The van der Waals surface area contributed by atoms with Gasteiger partial charge in [-0.1, -0.05) is 32.1 Å². The first-order chi connectivity index (χ1) is 6.27. The fourth-order valence-electron chi connectivity index (χ4n) is 1.51. The average molecular weight is 177 g/mol. The predicted octanol–water partition coefficient (Wildman–Crippen LogP) is 2.33. The molecule has 0 aromatic carbocycles. The fraction of sp³-hybridized carbons (Fsp3) is 0.545. The van der Waals surface area contributed by atoms with Crippen molar-refractivity contribution in [3.63, 3.8) is 0 Å². The highest BCUT2D eigenvalue weighted by Gasteiger charge is 2.23. The Labute approximate surface area is 79.0 Å². The third-order valence-electron chi connectivity index (χ3n) is 2.49. The van der Waals surface area contributed by atoms with Crippen molar-refractivity contribution < 1.29 is 4.74 Å². The maximum atomic E-state index is 5.55. The zero-order valence-electron chi connectivity index (χ0n) is 8.16. The Balaban J connectivity index is 2.06. The van der Waals surface area contributed by atoms with Crippen LogP contribution in [0.4, 0.5) is 0 Å². The van der Waals surface area contributed by atoms with E-state index in [1.165, 1.54) is 5.57 Å². The molecule has 2 nitrogen and oxygen atoms in total. The molecule has 13 heavy (non-hydrogen) atoms. The van der Waals surface area contributed by atoms with Crippen LogP contribution in [-0.2, 0) is 4.74 Å². The Hall–Kier alpha value is -1.05. The maximum absolute atomic E-state index is 5.55. The van der Waals surface area contributed by atoms with Crippen LogP contribution in [0, 0.1) is 5.92 Å². The summed E-state index contributed by atoms with van der Waals surface area (Å²) in [5.74, 6) is 1.44. The smallest absolute Gasteiger partial charge is 0.212 e. The largest absolute Gasteiger partial charge is 0.475 e. The fourth-order valence-corrected chi connectivity index (χ4v) is 1.51. The summed E-state index contributed by atoms with van der Waals surface area (Å²) in [5.41, 5.74) is 1.23. The molecule has 0 amide bonds. The minimum absolute atomic E-state index is 0.358. The lowest BCUT2D eigenvalue weighted by molar-refractivity contribution is 0.291. The van der Waals surface area contributed by atoms with Gasteiger partial charge in [0.2, 0.25) is 5.90 Å². The molecule has 70 valence electrons. The van der Waals surface area contributed by atoms with Crippen molar-refractivity contribution in [1.29, 1.82) is 0 Å². The van der Waals surface area contributed by atoms with Crippen LogP contribution in [0.15, 0.2) is 28.8 Å². The van der Waals surface area contributed by atoms with Crippen molar-refractivity contribution in [1.82, 2.24) is 0 Å². The third-order valence-corrected chi connectivity index (χ3v) is 2.49. The standard InChI is InChI=1S/C11H15NO/c1-8(2)10-7-13-11(12-10)9-5-3-4-6-9/h3-5,8,10H,6-7H2,1-2H3/t10-/m0/s1. The molecule has 2 heteroatoms. The first-order valence-electron chi connectivity index (χ1n) is 4.84. The van der Waals surface area contributed by atoms with E-state index in [-0.39, 0.29) is 0 Å². The molecule has 0 aromatic heterocycles. The van der Waals surface area contributed by atoms with Crippen LogP contribution in [0.1, 0.15) is 20.3 Å². The third kappa shape index (κ3) is 1.67. The zero-order valence-corrected chi connectivity index (χ0v) is 8.16. The van der Waals surface area contributed by atoms with Crippen molar-refractivity contribution >= 4 is 5.90 Å². The Morgan fingerprint density at radius 2 is 2.38 bits per heavy atom. The van der Waals surface area contributed by atoms with E-state index in [0.29, 0.717) is 12.0 Å². The minimum Gasteiger partial charge on any atom is -0.475 e. The summed E-state index contributed by atoms with van der Waals surface area (Å²) in [6.45, 7) is 5.12. The van der Waals surface area contributed by atoms with Crippen LogP contribution >= 0.6 is 0 Å². The van der Waals surface area contributed by atoms with Gasteiger partial charge in [-0.25, -0.2) is 4.99 Å². The van der Waals surface area contributed by atoms with E-state index >= 15 is 0 Å². The molecule has 1 aliphatic carbocycles. The highest BCUT2D eigenvalue weighted by molar-refractivity contribution is 5.95. The number of hydrogen-bond donors (Lipinski definition) is 0. The number of hydrogen-bond acceptors (Lipinski definition) is 2. The van der Waals surface area contributed by atoms with Gasteiger partial charge in [-0.2, -0.15) is 0 Å².